The largest absolute Gasteiger partial charge is 0.310 e. The molecule has 0 aliphatic heterocycles. The van der Waals surface area contributed by atoms with Gasteiger partial charge < -0.3 is 5.32 Å². The molecule has 1 heterocycles. The molecule has 3 nitrogen and oxygen atoms in total. The van der Waals surface area contributed by atoms with Gasteiger partial charge in [-0.3, -0.25) is 4.68 Å². The van der Waals surface area contributed by atoms with Gasteiger partial charge in [-0.15, -0.1) is 0 Å². The predicted molar refractivity (Wildman–Crippen MR) is 78.2 cm³/mol. The quantitative estimate of drug-likeness (QED) is 0.905. The number of benzene rings is 1. The van der Waals surface area contributed by atoms with E-state index < -0.39 is 0 Å². The van der Waals surface area contributed by atoms with E-state index in [1.54, 1.807) is 0 Å². The molecule has 0 unspecified atom stereocenters. The van der Waals surface area contributed by atoms with E-state index in [2.05, 4.69) is 35.5 Å². The van der Waals surface area contributed by atoms with Crippen LogP contribution < -0.4 is 5.32 Å². The van der Waals surface area contributed by atoms with Crippen LogP contribution in [-0.4, -0.2) is 15.8 Å². The zero-order chi connectivity index (χ0) is 13.2. The van der Waals surface area contributed by atoms with Crippen molar-refractivity contribution in [2.75, 3.05) is 0 Å². The van der Waals surface area contributed by atoms with Crippen LogP contribution in [0.4, 0.5) is 0 Å². The molecule has 4 heteroatoms. The summed E-state index contributed by atoms with van der Waals surface area (Å²) >= 11 is 6.41. The van der Waals surface area contributed by atoms with Crippen LogP contribution in [-0.2, 0) is 13.1 Å². The summed E-state index contributed by atoms with van der Waals surface area (Å²) in [6.45, 7) is 3.83. The van der Waals surface area contributed by atoms with Crippen molar-refractivity contribution in [3.05, 3.63) is 41.0 Å². The van der Waals surface area contributed by atoms with Crippen molar-refractivity contribution >= 4 is 11.6 Å². The Hall–Kier alpha value is -1.32. The predicted octanol–water partition coefficient (Wildman–Crippen LogP) is 3.48. The highest BCUT2D eigenvalue weighted by Gasteiger charge is 2.20. The second-order valence-electron chi connectivity index (χ2n) is 5.00. The summed E-state index contributed by atoms with van der Waals surface area (Å²) in [7, 11) is 0. The Morgan fingerprint density at radius 3 is 2.89 bits per heavy atom. The second kappa shape index (κ2) is 5.35. The summed E-state index contributed by atoms with van der Waals surface area (Å²) in [5, 5.41) is 8.59. The zero-order valence-corrected chi connectivity index (χ0v) is 11.8. The summed E-state index contributed by atoms with van der Waals surface area (Å²) in [6, 6.07) is 9.02. The van der Waals surface area contributed by atoms with Gasteiger partial charge in [0, 0.05) is 30.9 Å². The first-order chi connectivity index (χ1) is 9.28. The summed E-state index contributed by atoms with van der Waals surface area (Å²) in [4.78, 5) is 0. The molecule has 2 aromatic rings. The molecular weight excluding hydrogens is 258 g/mol. The molecule has 0 atom stereocenters. The normalized spacial score (nSPS) is 14.8. The van der Waals surface area contributed by atoms with Crippen molar-refractivity contribution in [3.63, 3.8) is 0 Å². The molecule has 0 bridgehead atoms. The molecule has 100 valence electrons. The van der Waals surface area contributed by atoms with Crippen molar-refractivity contribution in [2.45, 2.75) is 38.9 Å². The first kappa shape index (κ1) is 12.7. The minimum atomic E-state index is 0.722. The molecule has 1 aromatic carbocycles. The Balaban J connectivity index is 1.82. The molecule has 0 radical (unpaired) electrons. The Morgan fingerprint density at radius 2 is 2.21 bits per heavy atom. The van der Waals surface area contributed by atoms with Crippen molar-refractivity contribution in [1.29, 1.82) is 0 Å². The van der Waals surface area contributed by atoms with Crippen LogP contribution in [0.2, 0.25) is 5.02 Å². The lowest BCUT2D eigenvalue weighted by Crippen LogP contribution is -2.15. The first-order valence-electron chi connectivity index (χ1n) is 6.82. The van der Waals surface area contributed by atoms with E-state index in [0.717, 1.165) is 35.4 Å². The minimum Gasteiger partial charge on any atom is -0.310 e. The summed E-state index contributed by atoms with van der Waals surface area (Å²) in [5.41, 5.74) is 3.37. The number of hydrogen-bond acceptors (Lipinski definition) is 2. The zero-order valence-electron chi connectivity index (χ0n) is 11.1. The van der Waals surface area contributed by atoms with Crippen molar-refractivity contribution in [1.82, 2.24) is 15.1 Å². The van der Waals surface area contributed by atoms with Gasteiger partial charge in [0.25, 0.3) is 0 Å². The Kier molecular flexibility index (Phi) is 3.58. The van der Waals surface area contributed by atoms with Crippen LogP contribution >= 0.6 is 11.6 Å². The minimum absolute atomic E-state index is 0.722. The van der Waals surface area contributed by atoms with Gasteiger partial charge >= 0.3 is 0 Å². The number of halogens is 1. The van der Waals surface area contributed by atoms with E-state index in [-0.39, 0.29) is 0 Å². The van der Waals surface area contributed by atoms with Crippen LogP contribution in [0.15, 0.2) is 30.5 Å². The van der Waals surface area contributed by atoms with Crippen molar-refractivity contribution in [2.24, 2.45) is 0 Å². The Bertz CT molecular complexity index is 573. The molecule has 1 saturated carbocycles. The monoisotopic (exact) mass is 275 g/mol. The van der Waals surface area contributed by atoms with Crippen LogP contribution in [0.25, 0.3) is 11.3 Å². The van der Waals surface area contributed by atoms with E-state index in [1.165, 1.54) is 18.4 Å². The molecular formula is C15H18ClN3. The lowest BCUT2D eigenvalue weighted by molar-refractivity contribution is 0.667. The first-order valence-corrected chi connectivity index (χ1v) is 7.19. The van der Waals surface area contributed by atoms with E-state index in [0.29, 0.717) is 0 Å². The smallest absolute Gasteiger partial charge is 0.0697 e. The SMILES string of the molecule is CCn1nccc1-c1ccc(CNC2CC2)cc1Cl. The fourth-order valence-electron chi connectivity index (χ4n) is 2.24. The molecule has 3 rings (SSSR count). The van der Waals surface area contributed by atoms with Crippen LogP contribution in [0.1, 0.15) is 25.3 Å². The van der Waals surface area contributed by atoms with Gasteiger partial charge in [-0.05, 0) is 37.5 Å². The topological polar surface area (TPSA) is 29.9 Å². The second-order valence-corrected chi connectivity index (χ2v) is 5.41. The highest BCUT2D eigenvalue weighted by Crippen LogP contribution is 2.29. The third-order valence-electron chi connectivity index (χ3n) is 3.50. The number of nitrogens with one attached hydrogen (secondary N) is 1. The van der Waals surface area contributed by atoms with Crippen LogP contribution in [0.5, 0.6) is 0 Å². The molecule has 1 aliphatic carbocycles. The van der Waals surface area contributed by atoms with Crippen molar-refractivity contribution in [3.8, 4) is 11.3 Å². The summed E-state index contributed by atoms with van der Waals surface area (Å²) in [5.74, 6) is 0. The number of hydrogen-bond donors (Lipinski definition) is 1. The van der Waals surface area contributed by atoms with Gasteiger partial charge in [0.2, 0.25) is 0 Å². The number of nitrogens with zero attached hydrogens (tertiary/aromatic N) is 2. The van der Waals surface area contributed by atoms with Gasteiger partial charge in [-0.25, -0.2) is 0 Å². The third-order valence-corrected chi connectivity index (χ3v) is 3.81. The van der Waals surface area contributed by atoms with Crippen LogP contribution in [0.3, 0.4) is 0 Å². The van der Waals surface area contributed by atoms with E-state index in [1.807, 2.05) is 16.9 Å². The fraction of sp³-hybridized carbons (Fsp3) is 0.400. The maximum atomic E-state index is 6.41. The van der Waals surface area contributed by atoms with Gasteiger partial charge in [-0.2, -0.15) is 5.10 Å². The molecule has 0 amide bonds. The molecule has 1 fully saturated rings. The highest BCUT2D eigenvalue weighted by molar-refractivity contribution is 6.33. The lowest BCUT2D eigenvalue weighted by atomic mass is 10.1. The van der Waals surface area contributed by atoms with Crippen LogP contribution in [0, 0.1) is 0 Å². The van der Waals surface area contributed by atoms with Gasteiger partial charge in [0.05, 0.1) is 10.7 Å². The van der Waals surface area contributed by atoms with E-state index >= 15 is 0 Å². The standard InChI is InChI=1S/C15H18ClN3/c1-2-19-15(7-8-18-19)13-6-3-11(9-14(13)16)10-17-12-4-5-12/h3,6-9,12,17H,2,4-5,10H2,1H3. The highest BCUT2D eigenvalue weighted by atomic mass is 35.5. The number of rotatable bonds is 5. The molecule has 0 saturated heterocycles. The van der Waals surface area contributed by atoms with Gasteiger partial charge in [0.15, 0.2) is 0 Å². The van der Waals surface area contributed by atoms with Gasteiger partial charge in [0.1, 0.15) is 0 Å². The summed E-state index contributed by atoms with van der Waals surface area (Å²) < 4.78 is 1.96. The van der Waals surface area contributed by atoms with Crippen molar-refractivity contribution < 1.29 is 0 Å². The average molecular weight is 276 g/mol. The molecule has 1 aliphatic rings. The van der Waals surface area contributed by atoms with E-state index in [9.17, 15) is 0 Å². The number of aromatic nitrogens is 2. The maximum absolute atomic E-state index is 6.41. The molecule has 19 heavy (non-hydrogen) atoms. The molecule has 1 aromatic heterocycles. The summed E-state index contributed by atoms with van der Waals surface area (Å²) in [6.07, 6.45) is 4.43. The van der Waals surface area contributed by atoms with Gasteiger partial charge in [-0.1, -0.05) is 23.7 Å². The molecule has 1 N–H and O–H groups in total. The third kappa shape index (κ3) is 2.82. The Labute approximate surface area is 118 Å². The fourth-order valence-corrected chi connectivity index (χ4v) is 2.54. The average Bonchev–Trinajstić information content (AvgIpc) is 3.13. The molecule has 0 spiro atoms. The van der Waals surface area contributed by atoms with E-state index in [4.69, 9.17) is 11.6 Å². The maximum Gasteiger partial charge on any atom is 0.0697 e. The number of aryl methyl sites for hydroxylation is 1. The lowest BCUT2D eigenvalue weighted by Gasteiger charge is -2.09. The Morgan fingerprint density at radius 1 is 1.37 bits per heavy atom.